The van der Waals surface area contributed by atoms with Crippen molar-refractivity contribution in [3.05, 3.63) is 11.9 Å². The molecule has 2 unspecified atom stereocenters. The lowest BCUT2D eigenvalue weighted by Gasteiger charge is -2.35. The third-order valence-corrected chi connectivity index (χ3v) is 3.95. The van der Waals surface area contributed by atoms with Gasteiger partial charge in [0, 0.05) is 25.4 Å². The Bertz CT molecular complexity index is 373. The minimum Gasteiger partial charge on any atom is -0.390 e. The molecule has 6 nitrogen and oxygen atoms in total. The van der Waals surface area contributed by atoms with Crippen LogP contribution in [0.15, 0.2) is 6.20 Å². The third-order valence-electron chi connectivity index (χ3n) is 2.73. The van der Waals surface area contributed by atoms with Gasteiger partial charge in [0.2, 0.25) is 0 Å². The fourth-order valence-corrected chi connectivity index (χ4v) is 2.78. The summed E-state index contributed by atoms with van der Waals surface area (Å²) in [5, 5.41) is 27.1. The van der Waals surface area contributed by atoms with Crippen molar-refractivity contribution in [3.8, 4) is 0 Å². The minimum absolute atomic E-state index is 0.238. The van der Waals surface area contributed by atoms with Gasteiger partial charge in [0.05, 0.1) is 24.0 Å². The van der Waals surface area contributed by atoms with E-state index in [-0.39, 0.29) is 11.5 Å². The molecule has 0 aromatic carbocycles. The van der Waals surface area contributed by atoms with Crippen molar-refractivity contribution in [2.75, 3.05) is 0 Å². The summed E-state index contributed by atoms with van der Waals surface area (Å²) in [7, 11) is 1.81. The maximum absolute atomic E-state index is 9.79. The Kier molecular flexibility index (Phi) is 4.03. The SMILES string of the molecule is CC1O[C@@H](SCc2cn(C)nn2)C(O)C[C@@H]1O. The second-order valence-corrected chi connectivity index (χ2v) is 5.36. The van der Waals surface area contributed by atoms with Crippen LogP contribution in [0.3, 0.4) is 0 Å². The highest BCUT2D eigenvalue weighted by Crippen LogP contribution is 2.29. The van der Waals surface area contributed by atoms with E-state index < -0.39 is 12.2 Å². The number of rotatable bonds is 3. The summed E-state index contributed by atoms with van der Waals surface area (Å²) in [6.07, 6.45) is 0.735. The highest BCUT2D eigenvalue weighted by atomic mass is 32.2. The number of aliphatic hydroxyl groups excluding tert-OH is 2. The molecule has 1 aromatic rings. The second-order valence-electron chi connectivity index (χ2n) is 4.27. The molecular formula is C10H17N3O3S. The van der Waals surface area contributed by atoms with Gasteiger partial charge in [-0.05, 0) is 6.92 Å². The van der Waals surface area contributed by atoms with E-state index in [1.165, 1.54) is 11.8 Å². The smallest absolute Gasteiger partial charge is 0.130 e. The number of aliphatic hydroxyl groups is 2. The molecule has 7 heteroatoms. The van der Waals surface area contributed by atoms with E-state index in [1.54, 1.807) is 4.68 Å². The van der Waals surface area contributed by atoms with Gasteiger partial charge < -0.3 is 14.9 Å². The molecule has 1 saturated heterocycles. The Hall–Kier alpha value is -0.630. The van der Waals surface area contributed by atoms with Crippen LogP contribution < -0.4 is 0 Å². The van der Waals surface area contributed by atoms with Crippen LogP contribution >= 0.6 is 11.8 Å². The van der Waals surface area contributed by atoms with E-state index in [0.717, 1.165) is 5.69 Å². The van der Waals surface area contributed by atoms with Gasteiger partial charge in [-0.1, -0.05) is 5.21 Å². The molecule has 96 valence electrons. The average molecular weight is 259 g/mol. The van der Waals surface area contributed by atoms with Crippen LogP contribution in [0, 0.1) is 0 Å². The molecule has 0 aliphatic carbocycles. The first-order chi connectivity index (χ1) is 8.06. The Balaban J connectivity index is 1.86. The molecule has 0 radical (unpaired) electrons. The van der Waals surface area contributed by atoms with Gasteiger partial charge in [0.25, 0.3) is 0 Å². The molecule has 0 bridgehead atoms. The predicted octanol–water partition coefficient (Wildman–Crippen LogP) is -0.0950. The number of aryl methyl sites for hydroxylation is 1. The molecule has 2 heterocycles. The maximum atomic E-state index is 9.79. The van der Waals surface area contributed by atoms with Gasteiger partial charge in [0.15, 0.2) is 0 Å². The zero-order chi connectivity index (χ0) is 12.4. The molecule has 0 saturated carbocycles. The number of ether oxygens (including phenoxy) is 1. The summed E-state index contributed by atoms with van der Waals surface area (Å²) in [6.45, 7) is 1.81. The van der Waals surface area contributed by atoms with E-state index >= 15 is 0 Å². The third kappa shape index (κ3) is 3.19. The molecule has 1 aromatic heterocycles. The molecule has 0 spiro atoms. The zero-order valence-electron chi connectivity index (χ0n) is 9.85. The molecule has 4 atom stereocenters. The van der Waals surface area contributed by atoms with Gasteiger partial charge >= 0.3 is 0 Å². The molecule has 17 heavy (non-hydrogen) atoms. The first kappa shape index (κ1) is 12.8. The van der Waals surface area contributed by atoms with Crippen LogP contribution in [-0.2, 0) is 17.5 Å². The molecule has 1 aliphatic heterocycles. The fourth-order valence-electron chi connectivity index (χ4n) is 1.72. The van der Waals surface area contributed by atoms with Crippen molar-refractivity contribution in [1.29, 1.82) is 0 Å². The van der Waals surface area contributed by atoms with Crippen molar-refractivity contribution in [3.63, 3.8) is 0 Å². The van der Waals surface area contributed by atoms with E-state index in [0.29, 0.717) is 12.2 Å². The topological polar surface area (TPSA) is 80.4 Å². The number of nitrogens with zero attached hydrogens (tertiary/aromatic N) is 3. The Morgan fingerprint density at radius 3 is 2.94 bits per heavy atom. The van der Waals surface area contributed by atoms with Crippen LogP contribution in [0.4, 0.5) is 0 Å². The van der Waals surface area contributed by atoms with Gasteiger partial charge in [-0.3, -0.25) is 4.68 Å². The van der Waals surface area contributed by atoms with Crippen molar-refractivity contribution in [2.24, 2.45) is 7.05 Å². The van der Waals surface area contributed by atoms with Gasteiger partial charge in [0.1, 0.15) is 5.44 Å². The number of hydrogen-bond donors (Lipinski definition) is 2. The summed E-state index contributed by atoms with van der Waals surface area (Å²) in [5.41, 5.74) is 0.544. The van der Waals surface area contributed by atoms with Crippen LogP contribution in [0.25, 0.3) is 0 Å². The lowest BCUT2D eigenvalue weighted by molar-refractivity contribution is -0.129. The second kappa shape index (κ2) is 5.34. The Morgan fingerprint density at radius 1 is 1.53 bits per heavy atom. The molecule has 1 aliphatic rings. The minimum atomic E-state index is -0.636. The highest BCUT2D eigenvalue weighted by molar-refractivity contribution is 7.99. The maximum Gasteiger partial charge on any atom is 0.130 e. The highest BCUT2D eigenvalue weighted by Gasteiger charge is 2.34. The summed E-state index contributed by atoms with van der Waals surface area (Å²) in [5.74, 6) is 0.637. The zero-order valence-corrected chi connectivity index (χ0v) is 10.7. The van der Waals surface area contributed by atoms with Gasteiger partial charge in [-0.25, -0.2) is 0 Å². The van der Waals surface area contributed by atoms with Crippen LogP contribution in [0.5, 0.6) is 0 Å². The van der Waals surface area contributed by atoms with Crippen LogP contribution in [0.1, 0.15) is 19.0 Å². The first-order valence-electron chi connectivity index (χ1n) is 5.54. The van der Waals surface area contributed by atoms with Crippen molar-refractivity contribution < 1.29 is 14.9 Å². The molecule has 2 rings (SSSR count). The predicted molar refractivity (Wildman–Crippen MR) is 63.3 cm³/mol. The lowest BCUT2D eigenvalue weighted by Crippen LogP contribution is -2.44. The standard InChI is InChI=1S/C10H17N3O3S/c1-6-8(14)3-9(15)10(16-6)17-5-7-4-13(2)12-11-7/h4,6,8-10,14-15H,3,5H2,1-2H3/t6?,8-,9?,10-/m0/s1. The molecular weight excluding hydrogens is 242 g/mol. The van der Waals surface area contributed by atoms with E-state index in [9.17, 15) is 10.2 Å². The lowest BCUT2D eigenvalue weighted by atomic mass is 10.1. The first-order valence-corrected chi connectivity index (χ1v) is 6.59. The molecule has 0 amide bonds. The quantitative estimate of drug-likeness (QED) is 0.789. The summed E-state index contributed by atoms with van der Waals surface area (Å²) >= 11 is 1.48. The monoisotopic (exact) mass is 259 g/mol. The normalized spacial score (nSPS) is 33.9. The van der Waals surface area contributed by atoms with Gasteiger partial charge in [-0.2, -0.15) is 0 Å². The molecule has 1 fully saturated rings. The van der Waals surface area contributed by atoms with E-state index in [1.807, 2.05) is 20.2 Å². The van der Waals surface area contributed by atoms with Gasteiger partial charge in [-0.15, -0.1) is 16.9 Å². The number of thioether (sulfide) groups is 1. The van der Waals surface area contributed by atoms with Crippen LogP contribution in [-0.4, -0.2) is 49.0 Å². The van der Waals surface area contributed by atoms with Crippen molar-refractivity contribution in [1.82, 2.24) is 15.0 Å². The number of aromatic nitrogens is 3. The van der Waals surface area contributed by atoms with Crippen molar-refractivity contribution in [2.45, 2.75) is 42.8 Å². The van der Waals surface area contributed by atoms with E-state index in [2.05, 4.69) is 10.3 Å². The van der Waals surface area contributed by atoms with Crippen molar-refractivity contribution >= 4 is 11.8 Å². The molecule has 2 N–H and O–H groups in total. The van der Waals surface area contributed by atoms with Crippen LogP contribution in [0.2, 0.25) is 0 Å². The Morgan fingerprint density at radius 2 is 2.29 bits per heavy atom. The summed E-state index contributed by atoms with van der Waals surface area (Å²) in [6, 6.07) is 0. The van der Waals surface area contributed by atoms with E-state index in [4.69, 9.17) is 4.74 Å². The number of hydrogen-bond acceptors (Lipinski definition) is 6. The largest absolute Gasteiger partial charge is 0.390 e. The summed E-state index contributed by atoms with van der Waals surface area (Å²) in [4.78, 5) is 0. The average Bonchev–Trinajstić information content (AvgIpc) is 2.68. The summed E-state index contributed by atoms with van der Waals surface area (Å²) < 4.78 is 7.19. The Labute approximate surface area is 104 Å². The fraction of sp³-hybridized carbons (Fsp3) is 0.800.